The minimum absolute atomic E-state index is 0.0963. The van der Waals surface area contributed by atoms with E-state index in [1.165, 1.54) is 6.07 Å². The molecule has 0 saturated heterocycles. The number of nitrogens with one attached hydrogen (secondary N) is 1. The number of ketones is 2. The van der Waals surface area contributed by atoms with E-state index in [1.54, 1.807) is 24.9 Å². The molecular weight excluding hydrogens is 292 g/mol. The number of pyridine rings is 1. The number of allylic oxidation sites excluding steroid dienone is 4. The normalized spacial score (nSPS) is 17.3. The number of carbonyl (C=O) groups excluding carboxylic acids is 2. The summed E-state index contributed by atoms with van der Waals surface area (Å²) < 4.78 is 0. The third-order valence-electron chi connectivity index (χ3n) is 4.32. The van der Waals surface area contributed by atoms with Gasteiger partial charge in [0.15, 0.2) is 5.78 Å². The second-order valence-electron chi connectivity index (χ2n) is 5.92. The molecule has 2 aliphatic rings. The van der Waals surface area contributed by atoms with Crippen molar-refractivity contribution in [1.29, 1.82) is 0 Å². The molecule has 3 rings (SSSR count). The Kier molecular flexibility index (Phi) is 3.43. The van der Waals surface area contributed by atoms with E-state index in [4.69, 9.17) is 0 Å². The summed E-state index contributed by atoms with van der Waals surface area (Å²) in [7, 11) is 1.70. The van der Waals surface area contributed by atoms with Crippen molar-refractivity contribution in [2.75, 3.05) is 7.05 Å². The first-order valence-electron chi connectivity index (χ1n) is 7.58. The molecule has 5 nitrogen and oxygen atoms in total. The summed E-state index contributed by atoms with van der Waals surface area (Å²) in [5.41, 5.74) is 2.76. The van der Waals surface area contributed by atoms with Crippen LogP contribution in [0.15, 0.2) is 46.1 Å². The molecule has 1 aliphatic carbocycles. The molecule has 5 heteroatoms. The fraction of sp³-hybridized carbons (Fsp3) is 0.278. The van der Waals surface area contributed by atoms with Crippen molar-refractivity contribution in [3.63, 3.8) is 0 Å². The summed E-state index contributed by atoms with van der Waals surface area (Å²) in [6.07, 6.45) is 3.16. The van der Waals surface area contributed by atoms with Gasteiger partial charge in [-0.05, 0) is 30.6 Å². The number of fused-ring (bicyclic) bond motifs is 1. The molecule has 0 spiro atoms. The van der Waals surface area contributed by atoms with Crippen molar-refractivity contribution >= 4 is 11.6 Å². The van der Waals surface area contributed by atoms with Crippen LogP contribution in [0, 0.1) is 0 Å². The molecule has 0 radical (unpaired) electrons. The quantitative estimate of drug-likeness (QED) is 0.910. The number of hydrogen-bond donors (Lipinski definition) is 1. The third kappa shape index (κ3) is 2.11. The highest BCUT2D eigenvalue weighted by Gasteiger charge is 2.39. The Bertz CT molecular complexity index is 884. The summed E-state index contributed by atoms with van der Waals surface area (Å²) in [5.74, 6) is -0.539. The van der Waals surface area contributed by atoms with Crippen molar-refractivity contribution in [3.8, 4) is 0 Å². The van der Waals surface area contributed by atoms with Crippen molar-refractivity contribution in [3.05, 3.63) is 68.4 Å². The first-order valence-corrected chi connectivity index (χ1v) is 7.58. The van der Waals surface area contributed by atoms with Gasteiger partial charge in [0.25, 0.3) is 0 Å². The molecule has 1 aromatic rings. The fourth-order valence-corrected chi connectivity index (χ4v) is 3.22. The largest absolute Gasteiger partial charge is 0.341 e. The number of aryl methyl sites for hydroxylation is 1. The van der Waals surface area contributed by atoms with Gasteiger partial charge in [-0.3, -0.25) is 14.4 Å². The second-order valence-corrected chi connectivity index (χ2v) is 5.92. The molecule has 118 valence electrons. The molecule has 0 fully saturated rings. The summed E-state index contributed by atoms with van der Waals surface area (Å²) in [5, 5.41) is 0. The lowest BCUT2D eigenvalue weighted by Gasteiger charge is -2.33. The zero-order valence-corrected chi connectivity index (χ0v) is 13.4. The van der Waals surface area contributed by atoms with Crippen LogP contribution in [0.4, 0.5) is 0 Å². The maximum atomic E-state index is 13.0. The standard InChI is InChI=1S/C18H18N2O3/c1-5-6-11-8-12(21)19-15-14(11)17(22)13-9(2)7-10(3)20(4)16(13)18(15)23/h7-8H,3,5-6H2,1-2,4H3,(H,19,21). The predicted molar refractivity (Wildman–Crippen MR) is 87.4 cm³/mol. The summed E-state index contributed by atoms with van der Waals surface area (Å²) in [6, 6.07) is 1.42. The molecule has 2 heterocycles. The molecule has 0 unspecified atom stereocenters. The maximum Gasteiger partial charge on any atom is 0.248 e. The zero-order chi connectivity index (χ0) is 16.9. The number of rotatable bonds is 2. The molecule has 0 atom stereocenters. The Balaban J connectivity index is 2.32. The fourth-order valence-electron chi connectivity index (χ4n) is 3.22. The number of likely N-dealkylation sites (N-methyl/N-ethyl adjacent to an activating group) is 1. The Morgan fingerprint density at radius 1 is 1.22 bits per heavy atom. The van der Waals surface area contributed by atoms with Gasteiger partial charge >= 0.3 is 0 Å². The molecule has 0 aromatic carbocycles. The van der Waals surface area contributed by atoms with Gasteiger partial charge in [0.05, 0.1) is 11.1 Å². The van der Waals surface area contributed by atoms with Crippen LogP contribution in [0.1, 0.15) is 46.7 Å². The van der Waals surface area contributed by atoms with E-state index in [2.05, 4.69) is 11.6 Å². The van der Waals surface area contributed by atoms with Crippen molar-refractivity contribution in [2.24, 2.45) is 0 Å². The van der Waals surface area contributed by atoms with Gasteiger partial charge in [0.1, 0.15) is 11.4 Å². The monoisotopic (exact) mass is 310 g/mol. The minimum Gasteiger partial charge on any atom is -0.341 e. The van der Waals surface area contributed by atoms with Gasteiger partial charge in [-0.1, -0.05) is 19.9 Å². The molecule has 1 aliphatic heterocycles. The van der Waals surface area contributed by atoms with E-state index in [-0.39, 0.29) is 28.5 Å². The van der Waals surface area contributed by atoms with Crippen LogP contribution in [-0.4, -0.2) is 28.5 Å². The molecule has 23 heavy (non-hydrogen) atoms. The van der Waals surface area contributed by atoms with Gasteiger partial charge < -0.3 is 9.88 Å². The SMILES string of the molecule is C=C1C=C(C)C2=C(C(=O)c3[nH]c(=O)cc(CCC)c3C2=O)N1C. The Morgan fingerprint density at radius 3 is 2.57 bits per heavy atom. The highest BCUT2D eigenvalue weighted by molar-refractivity contribution is 6.28. The Morgan fingerprint density at radius 2 is 1.91 bits per heavy atom. The zero-order valence-electron chi connectivity index (χ0n) is 13.4. The molecule has 1 aromatic heterocycles. The number of nitrogens with zero attached hydrogens (tertiary/aromatic N) is 1. The second kappa shape index (κ2) is 5.19. The van der Waals surface area contributed by atoms with Crippen LogP contribution in [0.25, 0.3) is 0 Å². The minimum atomic E-state index is -0.359. The molecule has 1 N–H and O–H groups in total. The third-order valence-corrected chi connectivity index (χ3v) is 4.32. The smallest absolute Gasteiger partial charge is 0.248 e. The van der Waals surface area contributed by atoms with Gasteiger partial charge in [-0.2, -0.15) is 0 Å². The molecule has 0 bridgehead atoms. The van der Waals surface area contributed by atoms with Crippen molar-refractivity contribution in [2.45, 2.75) is 26.7 Å². The van der Waals surface area contributed by atoms with Crippen LogP contribution in [0.3, 0.4) is 0 Å². The van der Waals surface area contributed by atoms with E-state index in [1.807, 2.05) is 6.92 Å². The molecular formula is C18H18N2O3. The first-order chi connectivity index (χ1) is 10.9. The van der Waals surface area contributed by atoms with Crippen LogP contribution < -0.4 is 5.56 Å². The van der Waals surface area contributed by atoms with Crippen LogP contribution in [0.5, 0.6) is 0 Å². The number of Topliss-reactive ketones (excluding diaryl/α,β-unsaturated/α-hetero) is 2. The van der Waals surface area contributed by atoms with Crippen LogP contribution >= 0.6 is 0 Å². The van der Waals surface area contributed by atoms with Crippen LogP contribution in [0.2, 0.25) is 0 Å². The summed E-state index contributed by atoms with van der Waals surface area (Å²) in [4.78, 5) is 42.0. The average molecular weight is 310 g/mol. The Labute approximate surface area is 134 Å². The van der Waals surface area contributed by atoms with Crippen LogP contribution in [-0.2, 0) is 6.42 Å². The lowest BCUT2D eigenvalue weighted by Crippen LogP contribution is -2.36. The van der Waals surface area contributed by atoms with Crippen molar-refractivity contribution in [1.82, 2.24) is 9.88 Å². The molecule has 0 saturated carbocycles. The molecule has 0 amide bonds. The average Bonchev–Trinajstić information content (AvgIpc) is 2.48. The number of aromatic nitrogens is 1. The highest BCUT2D eigenvalue weighted by atomic mass is 16.1. The summed E-state index contributed by atoms with van der Waals surface area (Å²) in [6.45, 7) is 7.67. The van der Waals surface area contributed by atoms with E-state index in [0.29, 0.717) is 28.8 Å². The van der Waals surface area contributed by atoms with E-state index < -0.39 is 0 Å². The first kappa shape index (κ1) is 15.2. The Hall–Kier alpha value is -2.69. The topological polar surface area (TPSA) is 70.2 Å². The maximum absolute atomic E-state index is 13.0. The van der Waals surface area contributed by atoms with E-state index >= 15 is 0 Å². The lowest BCUT2D eigenvalue weighted by atomic mass is 9.81. The number of hydrogen-bond acceptors (Lipinski definition) is 4. The van der Waals surface area contributed by atoms with Crippen molar-refractivity contribution < 1.29 is 9.59 Å². The number of aromatic amines is 1. The lowest BCUT2D eigenvalue weighted by molar-refractivity contribution is 0.0949. The van der Waals surface area contributed by atoms with Gasteiger partial charge in [0.2, 0.25) is 11.3 Å². The number of carbonyl (C=O) groups is 2. The van der Waals surface area contributed by atoms with Gasteiger partial charge in [-0.15, -0.1) is 0 Å². The van der Waals surface area contributed by atoms with E-state index in [9.17, 15) is 14.4 Å². The number of H-pyrrole nitrogens is 1. The van der Waals surface area contributed by atoms with E-state index in [0.717, 1.165) is 12.0 Å². The van der Waals surface area contributed by atoms with Gasteiger partial charge in [0, 0.05) is 18.8 Å². The summed E-state index contributed by atoms with van der Waals surface area (Å²) >= 11 is 0. The predicted octanol–water partition coefficient (Wildman–Crippen LogP) is 2.37. The highest BCUT2D eigenvalue weighted by Crippen LogP contribution is 2.36. The van der Waals surface area contributed by atoms with Gasteiger partial charge in [-0.25, -0.2) is 0 Å².